The maximum Gasteiger partial charge on any atom is 0.331 e. The zero-order chi connectivity index (χ0) is 15.0. The van der Waals surface area contributed by atoms with E-state index in [0.717, 1.165) is 44.9 Å². The van der Waals surface area contributed by atoms with Gasteiger partial charge in [-0.15, -0.1) is 0 Å². The van der Waals surface area contributed by atoms with Gasteiger partial charge in [-0.3, -0.25) is 19.8 Å². The molecule has 2 saturated carbocycles. The number of barbiturate groups is 1. The highest BCUT2D eigenvalue weighted by Gasteiger charge is 2.56. The van der Waals surface area contributed by atoms with Gasteiger partial charge in [-0.25, -0.2) is 4.79 Å². The molecule has 1 heterocycles. The predicted octanol–water partition coefficient (Wildman–Crippen LogP) is 2.59. The summed E-state index contributed by atoms with van der Waals surface area (Å²) in [4.78, 5) is 38.9. The first-order valence-corrected chi connectivity index (χ1v) is 8.25. The lowest BCUT2D eigenvalue weighted by molar-refractivity contribution is -0.153. The smallest absolute Gasteiger partial charge is 0.277 e. The van der Waals surface area contributed by atoms with Crippen molar-refractivity contribution in [3.63, 3.8) is 0 Å². The van der Waals surface area contributed by atoms with E-state index in [1.807, 2.05) is 0 Å². The zero-order valence-corrected chi connectivity index (χ0v) is 12.7. The summed E-state index contributed by atoms with van der Waals surface area (Å²) < 4.78 is 0. The van der Waals surface area contributed by atoms with Gasteiger partial charge in [-0.1, -0.05) is 39.0 Å². The third kappa shape index (κ3) is 2.27. The van der Waals surface area contributed by atoms with Crippen LogP contribution in [0.3, 0.4) is 0 Å². The molecule has 1 saturated heterocycles. The van der Waals surface area contributed by atoms with Crippen molar-refractivity contribution in [2.45, 2.75) is 70.8 Å². The highest BCUT2D eigenvalue weighted by Crippen LogP contribution is 2.43. The summed E-state index contributed by atoms with van der Waals surface area (Å²) >= 11 is 0. The number of rotatable bonds is 1. The maximum absolute atomic E-state index is 13.0. The van der Waals surface area contributed by atoms with Crippen LogP contribution in [0.5, 0.6) is 0 Å². The second kappa shape index (κ2) is 5.43. The molecule has 0 bridgehead atoms. The van der Waals surface area contributed by atoms with E-state index in [-0.39, 0.29) is 17.9 Å². The van der Waals surface area contributed by atoms with Gasteiger partial charge >= 0.3 is 6.03 Å². The molecule has 3 fully saturated rings. The first-order chi connectivity index (χ1) is 10.1. The molecule has 21 heavy (non-hydrogen) atoms. The highest BCUT2D eigenvalue weighted by atomic mass is 16.2. The Morgan fingerprint density at radius 3 is 2.38 bits per heavy atom. The predicted molar refractivity (Wildman–Crippen MR) is 77.3 cm³/mol. The molecule has 2 aliphatic carbocycles. The van der Waals surface area contributed by atoms with Gasteiger partial charge in [0.2, 0.25) is 11.8 Å². The normalized spacial score (nSPS) is 33.2. The van der Waals surface area contributed by atoms with Crippen LogP contribution in [0.15, 0.2) is 0 Å². The van der Waals surface area contributed by atoms with Crippen molar-refractivity contribution in [1.82, 2.24) is 10.2 Å². The van der Waals surface area contributed by atoms with Crippen molar-refractivity contribution in [3.8, 4) is 0 Å². The van der Waals surface area contributed by atoms with Crippen LogP contribution in [0.25, 0.3) is 0 Å². The van der Waals surface area contributed by atoms with Crippen LogP contribution in [0.1, 0.15) is 64.7 Å². The van der Waals surface area contributed by atoms with Crippen LogP contribution >= 0.6 is 0 Å². The number of imide groups is 2. The van der Waals surface area contributed by atoms with E-state index in [4.69, 9.17) is 0 Å². The molecule has 1 aliphatic heterocycles. The van der Waals surface area contributed by atoms with E-state index < -0.39 is 11.4 Å². The lowest BCUT2D eigenvalue weighted by Crippen LogP contribution is -2.66. The quantitative estimate of drug-likeness (QED) is 0.596. The van der Waals surface area contributed by atoms with E-state index in [1.54, 1.807) is 0 Å². The molecule has 5 nitrogen and oxygen atoms in total. The number of nitrogens with zero attached hydrogens (tertiary/aromatic N) is 1. The molecule has 3 aliphatic rings. The number of hydrogen-bond acceptors (Lipinski definition) is 3. The zero-order valence-electron chi connectivity index (χ0n) is 12.7. The van der Waals surface area contributed by atoms with Gasteiger partial charge in [0, 0.05) is 6.04 Å². The second-order valence-corrected chi connectivity index (χ2v) is 6.91. The fourth-order valence-corrected chi connectivity index (χ4v) is 4.27. The summed E-state index contributed by atoms with van der Waals surface area (Å²) in [5.74, 6) is -0.283. The summed E-state index contributed by atoms with van der Waals surface area (Å²) in [5.41, 5.74) is -0.958. The summed E-state index contributed by atoms with van der Waals surface area (Å²) in [7, 11) is 0. The SMILES string of the molecule is CC1CCCCCC1N1C(=O)NC(=O)C2(CCCC2)C1=O. The Bertz CT molecular complexity index is 468. The molecule has 5 heteroatoms. The van der Waals surface area contributed by atoms with Crippen molar-refractivity contribution in [2.75, 3.05) is 0 Å². The van der Waals surface area contributed by atoms with Gasteiger partial charge < -0.3 is 0 Å². The minimum Gasteiger partial charge on any atom is -0.277 e. The van der Waals surface area contributed by atoms with Crippen LogP contribution in [0.2, 0.25) is 0 Å². The van der Waals surface area contributed by atoms with Crippen LogP contribution in [-0.4, -0.2) is 28.8 Å². The second-order valence-electron chi connectivity index (χ2n) is 6.91. The largest absolute Gasteiger partial charge is 0.331 e. The third-order valence-corrected chi connectivity index (χ3v) is 5.61. The number of urea groups is 1. The number of amides is 4. The van der Waals surface area contributed by atoms with E-state index in [2.05, 4.69) is 12.2 Å². The number of carbonyl (C=O) groups excluding carboxylic acids is 3. The van der Waals surface area contributed by atoms with Crippen LogP contribution in [0.4, 0.5) is 4.79 Å². The third-order valence-electron chi connectivity index (χ3n) is 5.61. The molecule has 2 unspecified atom stereocenters. The molecule has 0 radical (unpaired) electrons. The van der Waals surface area contributed by atoms with Gasteiger partial charge in [-0.05, 0) is 31.6 Å². The van der Waals surface area contributed by atoms with E-state index >= 15 is 0 Å². The summed E-state index contributed by atoms with van der Waals surface area (Å²) in [6.45, 7) is 2.12. The Kier molecular flexibility index (Phi) is 3.76. The van der Waals surface area contributed by atoms with Gasteiger partial charge in [0.1, 0.15) is 5.41 Å². The molecule has 4 amide bonds. The first-order valence-electron chi connectivity index (χ1n) is 8.25. The Morgan fingerprint density at radius 2 is 1.67 bits per heavy atom. The number of carbonyl (C=O) groups is 3. The van der Waals surface area contributed by atoms with Gasteiger partial charge in [0.25, 0.3) is 0 Å². The standard InChI is InChI=1S/C16H24N2O3/c1-11-7-3-2-4-8-12(11)18-14(20)16(9-5-6-10-16)13(19)17-15(18)21/h11-12H,2-10H2,1H3,(H,17,19,21). The molecule has 1 spiro atoms. The Morgan fingerprint density at radius 1 is 1.00 bits per heavy atom. The molecule has 0 aromatic rings. The minimum atomic E-state index is -0.958. The molecule has 0 aromatic heterocycles. The summed E-state index contributed by atoms with van der Waals surface area (Å²) in [5, 5.41) is 2.46. The van der Waals surface area contributed by atoms with Gasteiger partial charge in [0.15, 0.2) is 0 Å². The molecule has 2 atom stereocenters. The van der Waals surface area contributed by atoms with Gasteiger partial charge in [0.05, 0.1) is 0 Å². The molecular weight excluding hydrogens is 268 g/mol. The monoisotopic (exact) mass is 292 g/mol. The van der Waals surface area contributed by atoms with Gasteiger partial charge in [-0.2, -0.15) is 0 Å². The first kappa shape index (κ1) is 14.5. The Balaban J connectivity index is 1.91. The number of nitrogens with one attached hydrogen (secondary N) is 1. The minimum absolute atomic E-state index is 0.0504. The van der Waals surface area contributed by atoms with Crippen molar-refractivity contribution < 1.29 is 14.4 Å². The van der Waals surface area contributed by atoms with Crippen LogP contribution < -0.4 is 5.32 Å². The molecular formula is C16H24N2O3. The fourth-order valence-electron chi connectivity index (χ4n) is 4.27. The van der Waals surface area contributed by atoms with E-state index in [1.165, 1.54) is 4.90 Å². The van der Waals surface area contributed by atoms with Crippen molar-refractivity contribution in [2.24, 2.45) is 11.3 Å². The van der Waals surface area contributed by atoms with E-state index in [9.17, 15) is 14.4 Å². The summed E-state index contributed by atoms with van der Waals surface area (Å²) in [6, 6.07) is -0.549. The topological polar surface area (TPSA) is 66.5 Å². The molecule has 0 aromatic carbocycles. The lowest BCUT2D eigenvalue weighted by Gasteiger charge is -2.42. The average molecular weight is 292 g/mol. The Hall–Kier alpha value is -1.39. The van der Waals surface area contributed by atoms with E-state index in [0.29, 0.717) is 18.8 Å². The van der Waals surface area contributed by atoms with Crippen molar-refractivity contribution in [1.29, 1.82) is 0 Å². The fraction of sp³-hybridized carbons (Fsp3) is 0.812. The molecule has 116 valence electrons. The Labute approximate surface area is 125 Å². The number of hydrogen-bond donors (Lipinski definition) is 1. The molecule has 3 rings (SSSR count). The summed E-state index contributed by atoms with van der Waals surface area (Å²) in [6.07, 6.45) is 8.23. The maximum atomic E-state index is 13.0. The highest BCUT2D eigenvalue weighted by molar-refractivity contribution is 6.19. The molecule has 1 N–H and O–H groups in total. The van der Waals surface area contributed by atoms with Crippen molar-refractivity contribution >= 4 is 17.8 Å². The van der Waals surface area contributed by atoms with Crippen LogP contribution in [-0.2, 0) is 9.59 Å². The van der Waals surface area contributed by atoms with Crippen molar-refractivity contribution in [3.05, 3.63) is 0 Å². The lowest BCUT2D eigenvalue weighted by atomic mass is 9.80. The average Bonchev–Trinajstić information content (AvgIpc) is 2.85. The van der Waals surface area contributed by atoms with Crippen LogP contribution in [0, 0.1) is 11.3 Å².